The molecule has 0 saturated carbocycles. The van der Waals surface area contributed by atoms with Gasteiger partial charge in [-0.3, -0.25) is 0 Å². The maximum absolute atomic E-state index is 5.27. The Bertz CT molecular complexity index is 2160. The molecule has 8 rings (SSSR count). The number of rotatable bonds is 6. The number of para-hydroxylation sites is 1. The maximum atomic E-state index is 5.27. The van der Waals surface area contributed by atoms with Crippen LogP contribution in [0, 0.1) is 0 Å². The summed E-state index contributed by atoms with van der Waals surface area (Å²) in [5.74, 6) is 0.845. The van der Waals surface area contributed by atoms with Gasteiger partial charge in [0.1, 0.15) is 5.75 Å². The Morgan fingerprint density at radius 1 is 0.565 bits per heavy atom. The molecule has 0 aliphatic heterocycles. The van der Waals surface area contributed by atoms with Crippen molar-refractivity contribution in [2.45, 2.75) is 12.8 Å². The smallest absolute Gasteiger partial charge is 0.120 e. The van der Waals surface area contributed by atoms with E-state index in [4.69, 9.17) is 4.74 Å². The number of anilines is 2. The Balaban J connectivity index is 0.000000150. The van der Waals surface area contributed by atoms with E-state index >= 15 is 0 Å². The van der Waals surface area contributed by atoms with E-state index in [0.717, 1.165) is 30.0 Å². The van der Waals surface area contributed by atoms with Crippen LogP contribution in [-0.2, 0) is 0 Å². The Kier molecular flexibility index (Phi) is 8.47. The first kappa shape index (κ1) is 28.9. The van der Waals surface area contributed by atoms with E-state index in [1.165, 1.54) is 55.2 Å². The minimum Gasteiger partial charge on any atom is -0.497 e. The van der Waals surface area contributed by atoms with Crippen LogP contribution in [0.3, 0.4) is 0 Å². The highest BCUT2D eigenvalue weighted by Crippen LogP contribution is 2.33. The van der Waals surface area contributed by atoms with Crippen LogP contribution in [0.1, 0.15) is 18.4 Å². The van der Waals surface area contributed by atoms with Crippen molar-refractivity contribution in [1.29, 1.82) is 0 Å². The molecule has 0 amide bonds. The number of nitrogens with one attached hydrogen (secondary N) is 2. The van der Waals surface area contributed by atoms with Crippen LogP contribution in [0.15, 0.2) is 164 Å². The van der Waals surface area contributed by atoms with Gasteiger partial charge in [-0.25, -0.2) is 0 Å². The van der Waals surface area contributed by atoms with Crippen molar-refractivity contribution in [3.63, 3.8) is 0 Å². The van der Waals surface area contributed by atoms with E-state index in [1.807, 2.05) is 36.4 Å². The molecule has 6 aromatic carbocycles. The first-order valence-electron chi connectivity index (χ1n) is 15.8. The summed E-state index contributed by atoms with van der Waals surface area (Å²) in [4.78, 5) is 3.55. The van der Waals surface area contributed by atoms with Gasteiger partial charge in [0.05, 0.1) is 7.11 Å². The zero-order chi connectivity index (χ0) is 31.1. The fraction of sp³-hybridized carbons (Fsp3) is 0.0698. The van der Waals surface area contributed by atoms with Crippen molar-refractivity contribution >= 4 is 38.8 Å². The fourth-order valence-corrected chi connectivity index (χ4v) is 6.03. The minimum atomic E-state index is 0.845. The molecule has 0 saturated heterocycles. The van der Waals surface area contributed by atoms with Gasteiger partial charge in [0, 0.05) is 44.8 Å². The quantitative estimate of drug-likeness (QED) is 0.200. The number of methoxy groups -OCH3 is 1. The van der Waals surface area contributed by atoms with Crippen LogP contribution in [0.2, 0.25) is 0 Å². The lowest BCUT2D eigenvalue weighted by molar-refractivity contribution is 0.415. The van der Waals surface area contributed by atoms with Gasteiger partial charge >= 0.3 is 0 Å². The lowest BCUT2D eigenvalue weighted by atomic mass is 9.97. The fourth-order valence-electron chi connectivity index (χ4n) is 6.03. The van der Waals surface area contributed by atoms with E-state index in [-0.39, 0.29) is 0 Å². The van der Waals surface area contributed by atoms with E-state index in [9.17, 15) is 0 Å². The molecule has 0 atom stereocenters. The third-order valence-electron chi connectivity index (χ3n) is 8.39. The number of fused-ring (bicyclic) bond motifs is 3. The molecule has 1 aliphatic rings. The molecule has 1 heterocycles. The Morgan fingerprint density at radius 2 is 1.24 bits per heavy atom. The first-order chi connectivity index (χ1) is 22.7. The summed E-state index contributed by atoms with van der Waals surface area (Å²) < 4.78 is 5.27. The van der Waals surface area contributed by atoms with Crippen molar-refractivity contribution in [2.75, 3.05) is 12.4 Å². The standard InChI is InChI=1S/C24H19N.C19H17NO/c1-3-7-17(8-4-1)19-11-13-23-21(15-19)22-16-20(12-14-24(22)25-23)18-9-5-2-6-10-18;1-21-17-11-7-10-16(14-17)20-19-13-6-5-12-18(19)15-8-3-2-4-9-15/h1,3-5,7-16,25H,2,6H2;2-14,20H,1H3. The van der Waals surface area contributed by atoms with Crippen molar-refractivity contribution in [3.8, 4) is 28.0 Å². The van der Waals surface area contributed by atoms with Gasteiger partial charge in [-0.1, -0.05) is 115 Å². The number of H-pyrrole nitrogens is 1. The third kappa shape index (κ3) is 6.36. The van der Waals surface area contributed by atoms with Crippen LogP contribution in [0.25, 0.3) is 49.6 Å². The summed E-state index contributed by atoms with van der Waals surface area (Å²) >= 11 is 0. The number of hydrogen-bond donors (Lipinski definition) is 2. The predicted molar refractivity (Wildman–Crippen MR) is 196 cm³/mol. The Labute approximate surface area is 270 Å². The van der Waals surface area contributed by atoms with Gasteiger partial charge in [0.25, 0.3) is 0 Å². The molecular formula is C43H36N2O. The van der Waals surface area contributed by atoms with Crippen LogP contribution in [0.4, 0.5) is 11.4 Å². The average molecular weight is 597 g/mol. The zero-order valence-electron chi connectivity index (χ0n) is 25.9. The van der Waals surface area contributed by atoms with Crippen molar-refractivity contribution < 1.29 is 4.74 Å². The molecule has 0 radical (unpaired) electrons. The second-order valence-electron chi connectivity index (χ2n) is 11.4. The molecule has 7 aromatic rings. The Morgan fingerprint density at radius 3 is 1.96 bits per heavy atom. The maximum Gasteiger partial charge on any atom is 0.120 e. The third-order valence-corrected chi connectivity index (χ3v) is 8.39. The van der Waals surface area contributed by atoms with Gasteiger partial charge in [-0.05, 0) is 83.1 Å². The van der Waals surface area contributed by atoms with Crippen molar-refractivity contribution in [2.24, 2.45) is 0 Å². The van der Waals surface area contributed by atoms with E-state index in [2.05, 4.69) is 138 Å². The molecule has 1 aromatic heterocycles. The number of ether oxygens (including phenoxy) is 1. The highest BCUT2D eigenvalue weighted by molar-refractivity contribution is 6.09. The van der Waals surface area contributed by atoms with Crippen LogP contribution in [0.5, 0.6) is 5.75 Å². The molecule has 3 nitrogen and oxygen atoms in total. The van der Waals surface area contributed by atoms with Gasteiger partial charge in [-0.2, -0.15) is 0 Å². The topological polar surface area (TPSA) is 37.0 Å². The molecule has 1 aliphatic carbocycles. The van der Waals surface area contributed by atoms with E-state index in [0.29, 0.717) is 0 Å². The molecule has 3 heteroatoms. The second-order valence-corrected chi connectivity index (χ2v) is 11.4. The lowest BCUT2D eigenvalue weighted by Crippen LogP contribution is -1.93. The molecule has 46 heavy (non-hydrogen) atoms. The van der Waals surface area contributed by atoms with Crippen molar-refractivity contribution in [3.05, 3.63) is 169 Å². The molecular weight excluding hydrogens is 560 g/mol. The molecule has 0 spiro atoms. The number of aromatic nitrogens is 1. The summed E-state index contributed by atoms with van der Waals surface area (Å²) in [5, 5.41) is 6.05. The zero-order valence-corrected chi connectivity index (χ0v) is 25.9. The summed E-state index contributed by atoms with van der Waals surface area (Å²) in [5.41, 5.74) is 12.0. The SMILES string of the molecule is C1=CC(c2ccc3[nH]c4ccc(-c5ccccc5)cc4c3c2)=CCC1.COc1cccc(Nc2ccccc2-c2ccccc2)c1. The van der Waals surface area contributed by atoms with Gasteiger partial charge in [0.2, 0.25) is 0 Å². The van der Waals surface area contributed by atoms with E-state index < -0.39 is 0 Å². The van der Waals surface area contributed by atoms with Gasteiger partial charge in [0.15, 0.2) is 0 Å². The number of allylic oxidation sites excluding steroid dienone is 4. The highest BCUT2D eigenvalue weighted by Gasteiger charge is 2.09. The Hall–Kier alpha value is -5.80. The molecule has 2 N–H and O–H groups in total. The summed E-state index contributed by atoms with van der Waals surface area (Å²) in [6, 6.07) is 50.6. The van der Waals surface area contributed by atoms with Gasteiger partial charge < -0.3 is 15.0 Å². The molecule has 0 unspecified atom stereocenters. The van der Waals surface area contributed by atoms with Crippen LogP contribution >= 0.6 is 0 Å². The van der Waals surface area contributed by atoms with Gasteiger partial charge in [-0.15, -0.1) is 0 Å². The number of hydrogen-bond acceptors (Lipinski definition) is 2. The number of aromatic amines is 1. The molecule has 0 fully saturated rings. The summed E-state index contributed by atoms with van der Waals surface area (Å²) in [6.07, 6.45) is 9.14. The monoisotopic (exact) mass is 596 g/mol. The summed E-state index contributed by atoms with van der Waals surface area (Å²) in [6.45, 7) is 0. The van der Waals surface area contributed by atoms with Crippen molar-refractivity contribution in [1.82, 2.24) is 4.98 Å². The molecule has 224 valence electrons. The minimum absolute atomic E-state index is 0.845. The normalized spacial score (nSPS) is 12.3. The number of benzene rings is 6. The second kappa shape index (κ2) is 13.5. The van der Waals surface area contributed by atoms with Crippen LogP contribution in [-0.4, -0.2) is 12.1 Å². The average Bonchev–Trinajstić information content (AvgIpc) is 3.51. The van der Waals surface area contributed by atoms with Crippen LogP contribution < -0.4 is 10.1 Å². The molecule has 0 bridgehead atoms. The van der Waals surface area contributed by atoms with E-state index in [1.54, 1.807) is 7.11 Å². The predicted octanol–water partition coefficient (Wildman–Crippen LogP) is 11.8. The summed E-state index contributed by atoms with van der Waals surface area (Å²) in [7, 11) is 1.68. The first-order valence-corrected chi connectivity index (χ1v) is 15.8. The largest absolute Gasteiger partial charge is 0.497 e. The lowest BCUT2D eigenvalue weighted by Gasteiger charge is -2.13. The highest BCUT2D eigenvalue weighted by atomic mass is 16.5.